The van der Waals surface area contributed by atoms with Crippen molar-refractivity contribution in [3.8, 4) is 17.6 Å². The number of sulfone groups is 1. The maximum Gasteiger partial charge on any atom is 0.268 e. The van der Waals surface area contributed by atoms with Crippen LogP contribution < -0.4 is 14.8 Å². The summed E-state index contributed by atoms with van der Waals surface area (Å²) < 4.78 is 35.1. The fraction of sp³-hybridized carbons (Fsp3) is 0.217. The summed E-state index contributed by atoms with van der Waals surface area (Å²) in [5.41, 5.74) is 1.12. The molecular formula is C23H21ClN4O5S2. The standard InChI is InChI=1S/C23H21ClN4O5S2/c1-3-32-20-12-15(9-10-19(20)33-14-16-7-5-6-8-18(16)24)11-17(13-25)21(29)26-22-27-28-23(34-22)35(30,31)4-2/h5-12H,3-4,14H2,1-2H3,(H,26,27,29). The summed E-state index contributed by atoms with van der Waals surface area (Å²) in [6.07, 6.45) is 1.38. The maximum absolute atomic E-state index is 12.6. The molecule has 0 fully saturated rings. The predicted octanol–water partition coefficient (Wildman–Crippen LogP) is 4.51. The number of benzene rings is 2. The molecule has 3 rings (SSSR count). The number of anilines is 1. The van der Waals surface area contributed by atoms with Crippen LogP contribution in [0.25, 0.3) is 6.08 Å². The third kappa shape index (κ3) is 6.79. The van der Waals surface area contributed by atoms with Crippen LogP contribution in [0.2, 0.25) is 5.02 Å². The molecule has 12 heteroatoms. The first-order valence-electron chi connectivity index (χ1n) is 10.4. The lowest BCUT2D eigenvalue weighted by Gasteiger charge is -2.13. The number of aromatic nitrogens is 2. The molecule has 0 bridgehead atoms. The zero-order chi connectivity index (χ0) is 25.4. The van der Waals surface area contributed by atoms with E-state index in [1.54, 1.807) is 24.3 Å². The Kier molecular flexibility index (Phi) is 8.81. The average molecular weight is 533 g/mol. The number of hydrogen-bond donors (Lipinski definition) is 1. The van der Waals surface area contributed by atoms with E-state index in [0.29, 0.717) is 28.7 Å². The summed E-state index contributed by atoms with van der Waals surface area (Å²) in [6.45, 7) is 3.92. The number of ether oxygens (including phenoxy) is 2. The van der Waals surface area contributed by atoms with Crippen LogP contribution in [-0.2, 0) is 21.2 Å². The Labute approximate surface area is 211 Å². The van der Waals surface area contributed by atoms with Crippen molar-refractivity contribution < 1.29 is 22.7 Å². The molecule has 9 nitrogen and oxygen atoms in total. The lowest BCUT2D eigenvalue weighted by molar-refractivity contribution is -0.112. The Morgan fingerprint density at radius 2 is 1.94 bits per heavy atom. The van der Waals surface area contributed by atoms with Gasteiger partial charge in [0.2, 0.25) is 19.3 Å². The highest BCUT2D eigenvalue weighted by Crippen LogP contribution is 2.31. The number of carbonyl (C=O) groups excluding carboxylic acids is 1. The van der Waals surface area contributed by atoms with Crippen LogP contribution in [0.15, 0.2) is 52.4 Å². The van der Waals surface area contributed by atoms with Crippen molar-refractivity contribution in [1.82, 2.24) is 10.2 Å². The Bertz CT molecular complexity index is 1400. The number of amides is 1. The molecule has 0 aliphatic rings. The minimum Gasteiger partial charge on any atom is -0.490 e. The molecule has 0 aliphatic heterocycles. The van der Waals surface area contributed by atoms with Gasteiger partial charge in [-0.25, -0.2) is 8.42 Å². The summed E-state index contributed by atoms with van der Waals surface area (Å²) in [7, 11) is -3.55. The van der Waals surface area contributed by atoms with Gasteiger partial charge >= 0.3 is 0 Å². The molecule has 0 saturated heterocycles. The topological polar surface area (TPSA) is 131 Å². The molecule has 0 atom stereocenters. The molecule has 182 valence electrons. The highest BCUT2D eigenvalue weighted by atomic mass is 35.5. The number of nitrogens with one attached hydrogen (secondary N) is 1. The summed E-state index contributed by atoms with van der Waals surface area (Å²) in [6, 6.07) is 14.2. The second-order valence-corrected chi connectivity index (χ2v) is 10.8. The summed E-state index contributed by atoms with van der Waals surface area (Å²) >= 11 is 6.90. The summed E-state index contributed by atoms with van der Waals surface area (Å²) in [5, 5.41) is 19.7. The minimum atomic E-state index is -3.55. The van der Waals surface area contributed by atoms with Crippen molar-refractivity contribution >= 4 is 49.9 Å². The number of hydrogen-bond acceptors (Lipinski definition) is 9. The van der Waals surface area contributed by atoms with Gasteiger partial charge in [-0.3, -0.25) is 10.1 Å². The van der Waals surface area contributed by atoms with Gasteiger partial charge in [0.15, 0.2) is 11.5 Å². The van der Waals surface area contributed by atoms with Gasteiger partial charge in [0.1, 0.15) is 18.2 Å². The Morgan fingerprint density at radius 3 is 2.63 bits per heavy atom. The number of rotatable bonds is 10. The van der Waals surface area contributed by atoms with Crippen LogP contribution in [0.5, 0.6) is 11.5 Å². The monoisotopic (exact) mass is 532 g/mol. The van der Waals surface area contributed by atoms with E-state index < -0.39 is 15.7 Å². The van der Waals surface area contributed by atoms with Gasteiger partial charge in [0.05, 0.1) is 12.4 Å². The second kappa shape index (κ2) is 11.8. The van der Waals surface area contributed by atoms with E-state index in [-0.39, 0.29) is 27.4 Å². The molecule has 0 unspecified atom stereocenters. The van der Waals surface area contributed by atoms with Crippen LogP contribution in [0.3, 0.4) is 0 Å². The van der Waals surface area contributed by atoms with Crippen LogP contribution >= 0.6 is 22.9 Å². The van der Waals surface area contributed by atoms with Crippen LogP contribution in [0, 0.1) is 11.3 Å². The zero-order valence-electron chi connectivity index (χ0n) is 18.8. The van der Waals surface area contributed by atoms with Crippen LogP contribution in [-0.4, -0.2) is 36.9 Å². The average Bonchev–Trinajstić information content (AvgIpc) is 3.32. The lowest BCUT2D eigenvalue weighted by atomic mass is 10.1. The van der Waals surface area contributed by atoms with E-state index in [1.165, 1.54) is 13.0 Å². The molecule has 1 heterocycles. The Balaban J connectivity index is 1.78. The second-order valence-electron chi connectivity index (χ2n) is 6.92. The molecule has 2 aromatic carbocycles. The summed E-state index contributed by atoms with van der Waals surface area (Å²) in [5.74, 6) is 0.0233. The first kappa shape index (κ1) is 26.2. The van der Waals surface area contributed by atoms with Crippen molar-refractivity contribution in [1.29, 1.82) is 5.26 Å². The smallest absolute Gasteiger partial charge is 0.268 e. The van der Waals surface area contributed by atoms with Crippen molar-refractivity contribution in [2.75, 3.05) is 17.7 Å². The molecule has 1 N–H and O–H groups in total. The van der Waals surface area contributed by atoms with Crippen molar-refractivity contribution in [2.24, 2.45) is 0 Å². The lowest BCUT2D eigenvalue weighted by Crippen LogP contribution is -2.13. The third-order valence-corrected chi connectivity index (χ3v) is 7.95. The van der Waals surface area contributed by atoms with Crippen LogP contribution in [0.1, 0.15) is 25.0 Å². The molecule has 1 aromatic heterocycles. The number of nitrogens with zero attached hydrogens (tertiary/aromatic N) is 3. The van der Waals surface area contributed by atoms with E-state index in [4.69, 9.17) is 21.1 Å². The van der Waals surface area contributed by atoms with E-state index >= 15 is 0 Å². The highest BCUT2D eigenvalue weighted by molar-refractivity contribution is 7.93. The number of carbonyl (C=O) groups is 1. The Morgan fingerprint density at radius 1 is 1.17 bits per heavy atom. The van der Waals surface area contributed by atoms with Gasteiger partial charge < -0.3 is 9.47 Å². The summed E-state index contributed by atoms with van der Waals surface area (Å²) in [4.78, 5) is 12.6. The Hall–Kier alpha value is -3.46. The first-order chi connectivity index (χ1) is 16.8. The van der Waals surface area contributed by atoms with Crippen LogP contribution in [0.4, 0.5) is 5.13 Å². The molecule has 3 aromatic rings. The normalized spacial score (nSPS) is 11.5. The van der Waals surface area contributed by atoms with Crippen molar-refractivity contribution in [3.05, 3.63) is 64.2 Å². The molecule has 0 radical (unpaired) electrons. The SMILES string of the molecule is CCOc1cc(C=C(C#N)C(=O)Nc2nnc(S(=O)(=O)CC)s2)ccc1OCc1ccccc1Cl. The van der Waals surface area contributed by atoms with Gasteiger partial charge in [-0.15, -0.1) is 10.2 Å². The third-order valence-electron chi connectivity index (χ3n) is 4.56. The van der Waals surface area contributed by atoms with E-state index in [1.807, 2.05) is 31.2 Å². The quantitative estimate of drug-likeness (QED) is 0.229. The van der Waals surface area contributed by atoms with Gasteiger partial charge in [0.25, 0.3) is 5.91 Å². The largest absolute Gasteiger partial charge is 0.490 e. The van der Waals surface area contributed by atoms with E-state index in [0.717, 1.165) is 16.9 Å². The first-order valence-corrected chi connectivity index (χ1v) is 13.2. The molecule has 0 spiro atoms. The fourth-order valence-electron chi connectivity index (χ4n) is 2.76. The van der Waals surface area contributed by atoms with Crippen molar-refractivity contribution in [3.63, 3.8) is 0 Å². The molecule has 1 amide bonds. The van der Waals surface area contributed by atoms with E-state index in [9.17, 15) is 18.5 Å². The number of nitriles is 1. The maximum atomic E-state index is 12.6. The van der Waals surface area contributed by atoms with E-state index in [2.05, 4.69) is 15.5 Å². The van der Waals surface area contributed by atoms with Gasteiger partial charge in [-0.2, -0.15) is 5.26 Å². The van der Waals surface area contributed by atoms with Gasteiger partial charge in [-0.05, 0) is 36.8 Å². The minimum absolute atomic E-state index is 0.0264. The molecule has 35 heavy (non-hydrogen) atoms. The number of halogens is 1. The fourth-order valence-corrected chi connectivity index (χ4v) is 4.94. The van der Waals surface area contributed by atoms with Gasteiger partial charge in [-0.1, -0.05) is 54.1 Å². The molecule has 0 saturated carbocycles. The molecule has 0 aliphatic carbocycles. The molecular weight excluding hydrogens is 512 g/mol. The predicted molar refractivity (Wildman–Crippen MR) is 133 cm³/mol. The zero-order valence-corrected chi connectivity index (χ0v) is 21.2. The van der Waals surface area contributed by atoms with Crippen molar-refractivity contribution in [2.45, 2.75) is 24.8 Å². The highest BCUT2D eigenvalue weighted by Gasteiger charge is 2.20. The van der Waals surface area contributed by atoms with Gasteiger partial charge in [0, 0.05) is 10.6 Å².